The number of halogens is 1. The zero-order valence-electron chi connectivity index (χ0n) is 9.05. The highest BCUT2D eigenvalue weighted by Crippen LogP contribution is 2.15. The van der Waals surface area contributed by atoms with Gasteiger partial charge in [-0.3, -0.25) is 4.68 Å². The second-order valence-electron chi connectivity index (χ2n) is 4.38. The molecule has 0 spiro atoms. The lowest BCUT2D eigenvalue weighted by molar-refractivity contribution is 0.383. The smallest absolute Gasteiger partial charge is 0.0762 e. The van der Waals surface area contributed by atoms with Gasteiger partial charge in [0.1, 0.15) is 0 Å². The number of nitrogens with zero attached hydrogens (tertiary/aromatic N) is 2. The van der Waals surface area contributed by atoms with Crippen molar-refractivity contribution in [3.05, 3.63) is 18.0 Å². The Bertz CT molecular complexity index is 281. The van der Waals surface area contributed by atoms with Crippen LogP contribution in [0.5, 0.6) is 0 Å². The van der Waals surface area contributed by atoms with Gasteiger partial charge in [0.15, 0.2) is 0 Å². The van der Waals surface area contributed by atoms with Gasteiger partial charge in [0, 0.05) is 32.2 Å². The Labute approximate surface area is 90.4 Å². The Kier molecular flexibility index (Phi) is 3.96. The molecule has 1 rings (SSSR count). The maximum Gasteiger partial charge on any atom is 0.0762 e. The monoisotopic (exact) mass is 215 g/mol. The standard InChI is InChI=1S/C10H18ClN3/c1-10(2,7-11)8-12-6-9-4-5-14(3)13-9/h4-5,12H,6-8H2,1-3H3. The van der Waals surface area contributed by atoms with Crippen LogP contribution < -0.4 is 5.32 Å². The van der Waals surface area contributed by atoms with Crippen LogP contribution >= 0.6 is 11.6 Å². The van der Waals surface area contributed by atoms with E-state index in [1.54, 1.807) is 0 Å². The van der Waals surface area contributed by atoms with Crippen LogP contribution in [0.1, 0.15) is 19.5 Å². The first-order chi connectivity index (χ1) is 6.53. The Balaban J connectivity index is 2.28. The molecule has 0 aliphatic heterocycles. The fourth-order valence-corrected chi connectivity index (χ4v) is 1.23. The van der Waals surface area contributed by atoms with Crippen molar-refractivity contribution in [2.45, 2.75) is 20.4 Å². The van der Waals surface area contributed by atoms with Crippen molar-refractivity contribution in [1.29, 1.82) is 0 Å². The number of rotatable bonds is 5. The van der Waals surface area contributed by atoms with Gasteiger partial charge in [-0.1, -0.05) is 13.8 Å². The van der Waals surface area contributed by atoms with Gasteiger partial charge in [-0.05, 0) is 11.5 Å². The van der Waals surface area contributed by atoms with Crippen molar-refractivity contribution >= 4 is 11.6 Å². The Morgan fingerprint density at radius 2 is 2.29 bits per heavy atom. The predicted molar refractivity (Wildman–Crippen MR) is 59.4 cm³/mol. The van der Waals surface area contributed by atoms with E-state index >= 15 is 0 Å². The van der Waals surface area contributed by atoms with Crippen LogP contribution in [-0.2, 0) is 13.6 Å². The summed E-state index contributed by atoms with van der Waals surface area (Å²) in [4.78, 5) is 0. The second-order valence-corrected chi connectivity index (χ2v) is 4.65. The summed E-state index contributed by atoms with van der Waals surface area (Å²) in [6.45, 7) is 6.01. The summed E-state index contributed by atoms with van der Waals surface area (Å²) in [7, 11) is 1.92. The fraction of sp³-hybridized carbons (Fsp3) is 0.700. The summed E-state index contributed by atoms with van der Waals surface area (Å²) in [5.41, 5.74) is 1.22. The fourth-order valence-electron chi connectivity index (χ4n) is 1.13. The van der Waals surface area contributed by atoms with Gasteiger partial charge in [0.05, 0.1) is 5.69 Å². The molecule has 0 atom stereocenters. The third kappa shape index (κ3) is 3.68. The SMILES string of the molecule is Cn1ccc(CNCC(C)(C)CCl)n1. The van der Waals surface area contributed by atoms with Gasteiger partial charge in [0.25, 0.3) is 0 Å². The van der Waals surface area contributed by atoms with Crippen LogP contribution in [0.15, 0.2) is 12.3 Å². The lowest BCUT2D eigenvalue weighted by atomic mass is 9.97. The average molecular weight is 216 g/mol. The van der Waals surface area contributed by atoms with E-state index in [0.717, 1.165) is 18.8 Å². The molecule has 4 heteroatoms. The van der Waals surface area contributed by atoms with Gasteiger partial charge < -0.3 is 5.32 Å². The van der Waals surface area contributed by atoms with E-state index in [-0.39, 0.29) is 5.41 Å². The van der Waals surface area contributed by atoms with Crippen LogP contribution in [0.2, 0.25) is 0 Å². The third-order valence-corrected chi connectivity index (χ3v) is 2.76. The summed E-state index contributed by atoms with van der Waals surface area (Å²) in [6, 6.07) is 2.01. The molecule has 0 aliphatic carbocycles. The van der Waals surface area contributed by atoms with Gasteiger partial charge in [-0.25, -0.2) is 0 Å². The van der Waals surface area contributed by atoms with Crippen molar-refractivity contribution in [1.82, 2.24) is 15.1 Å². The summed E-state index contributed by atoms with van der Waals surface area (Å²) in [5.74, 6) is 0.669. The topological polar surface area (TPSA) is 29.9 Å². The minimum atomic E-state index is 0.149. The molecular weight excluding hydrogens is 198 g/mol. The molecule has 0 unspecified atom stereocenters. The molecule has 0 radical (unpaired) electrons. The molecule has 0 bridgehead atoms. The van der Waals surface area contributed by atoms with E-state index in [4.69, 9.17) is 11.6 Å². The number of hydrogen-bond acceptors (Lipinski definition) is 2. The molecule has 3 nitrogen and oxygen atoms in total. The summed E-state index contributed by atoms with van der Waals surface area (Å²) in [5, 5.41) is 7.62. The molecule has 80 valence electrons. The van der Waals surface area contributed by atoms with Crippen molar-refractivity contribution < 1.29 is 0 Å². The largest absolute Gasteiger partial charge is 0.311 e. The first-order valence-corrected chi connectivity index (χ1v) is 5.32. The Morgan fingerprint density at radius 1 is 1.57 bits per heavy atom. The Hall–Kier alpha value is -0.540. The zero-order chi connectivity index (χ0) is 10.6. The van der Waals surface area contributed by atoms with E-state index in [9.17, 15) is 0 Å². The summed E-state index contributed by atoms with van der Waals surface area (Å²) >= 11 is 5.82. The highest BCUT2D eigenvalue weighted by atomic mass is 35.5. The maximum absolute atomic E-state index is 5.82. The molecule has 14 heavy (non-hydrogen) atoms. The van der Waals surface area contributed by atoms with E-state index < -0.39 is 0 Å². The highest BCUT2D eigenvalue weighted by Gasteiger charge is 2.15. The Morgan fingerprint density at radius 3 is 2.79 bits per heavy atom. The predicted octanol–water partition coefficient (Wildman–Crippen LogP) is 1.77. The van der Waals surface area contributed by atoms with Crippen molar-refractivity contribution in [2.24, 2.45) is 12.5 Å². The molecular formula is C10H18ClN3. The number of alkyl halides is 1. The molecule has 0 aliphatic rings. The minimum Gasteiger partial charge on any atom is -0.311 e. The quantitative estimate of drug-likeness (QED) is 0.759. The molecule has 1 aromatic heterocycles. The van der Waals surface area contributed by atoms with E-state index in [1.807, 2.05) is 24.0 Å². The molecule has 0 saturated carbocycles. The van der Waals surface area contributed by atoms with E-state index in [1.165, 1.54) is 0 Å². The first kappa shape index (κ1) is 11.5. The summed E-state index contributed by atoms with van der Waals surface area (Å²) in [6.07, 6.45) is 1.95. The maximum atomic E-state index is 5.82. The lowest BCUT2D eigenvalue weighted by Gasteiger charge is -2.21. The molecule has 0 saturated heterocycles. The zero-order valence-corrected chi connectivity index (χ0v) is 9.80. The number of aryl methyl sites for hydroxylation is 1. The van der Waals surface area contributed by atoms with Gasteiger partial charge in [0.2, 0.25) is 0 Å². The third-order valence-electron chi connectivity index (χ3n) is 2.04. The number of nitrogens with one attached hydrogen (secondary N) is 1. The number of hydrogen-bond donors (Lipinski definition) is 1. The van der Waals surface area contributed by atoms with Crippen molar-refractivity contribution in [2.75, 3.05) is 12.4 Å². The molecule has 0 amide bonds. The molecule has 1 N–H and O–H groups in total. The average Bonchev–Trinajstić information content (AvgIpc) is 2.51. The van der Waals surface area contributed by atoms with Crippen LogP contribution in [0.4, 0.5) is 0 Å². The molecule has 0 fully saturated rings. The lowest BCUT2D eigenvalue weighted by Crippen LogP contribution is -2.30. The van der Waals surface area contributed by atoms with Crippen molar-refractivity contribution in [3.8, 4) is 0 Å². The molecule has 1 aromatic rings. The normalized spacial score (nSPS) is 12.0. The van der Waals surface area contributed by atoms with Crippen LogP contribution in [-0.4, -0.2) is 22.2 Å². The van der Waals surface area contributed by atoms with Crippen LogP contribution in [0.25, 0.3) is 0 Å². The van der Waals surface area contributed by atoms with Gasteiger partial charge in [-0.2, -0.15) is 5.10 Å². The number of aromatic nitrogens is 2. The van der Waals surface area contributed by atoms with E-state index in [2.05, 4.69) is 24.3 Å². The molecule has 0 aromatic carbocycles. The minimum absolute atomic E-state index is 0.149. The van der Waals surface area contributed by atoms with E-state index in [0.29, 0.717) is 5.88 Å². The van der Waals surface area contributed by atoms with Crippen LogP contribution in [0.3, 0.4) is 0 Å². The molecule has 1 heterocycles. The van der Waals surface area contributed by atoms with Crippen molar-refractivity contribution in [3.63, 3.8) is 0 Å². The highest BCUT2D eigenvalue weighted by molar-refractivity contribution is 6.18. The van der Waals surface area contributed by atoms with Gasteiger partial charge in [-0.15, -0.1) is 11.6 Å². The first-order valence-electron chi connectivity index (χ1n) is 4.79. The second kappa shape index (κ2) is 4.80. The van der Waals surface area contributed by atoms with Gasteiger partial charge >= 0.3 is 0 Å². The van der Waals surface area contributed by atoms with Crippen LogP contribution in [0, 0.1) is 5.41 Å². The summed E-state index contributed by atoms with van der Waals surface area (Å²) < 4.78 is 1.81.